The van der Waals surface area contributed by atoms with Gasteiger partial charge in [-0.05, 0) is 31.9 Å². The van der Waals surface area contributed by atoms with Crippen LogP contribution in [0.25, 0.3) is 0 Å². The zero-order chi connectivity index (χ0) is 18.5. The van der Waals surface area contributed by atoms with Crippen LogP contribution < -0.4 is 10.1 Å². The predicted octanol–water partition coefficient (Wildman–Crippen LogP) is 4.29. The molecule has 140 valence electrons. The van der Waals surface area contributed by atoms with Gasteiger partial charge in [0, 0.05) is 12.1 Å². The molecular weight excluding hydrogens is 342 g/mol. The van der Waals surface area contributed by atoms with Crippen LogP contribution in [0.3, 0.4) is 0 Å². The molecule has 1 aliphatic rings. The van der Waals surface area contributed by atoms with E-state index in [2.05, 4.69) is 10.5 Å². The van der Waals surface area contributed by atoms with Crippen LogP contribution in [-0.4, -0.2) is 17.1 Å². The highest BCUT2D eigenvalue weighted by Crippen LogP contribution is 2.22. The number of hydrogen-bond acceptors (Lipinski definition) is 4. The van der Waals surface area contributed by atoms with Crippen LogP contribution in [0.2, 0.25) is 0 Å². The van der Waals surface area contributed by atoms with Gasteiger partial charge in [-0.2, -0.15) is 0 Å². The molecule has 0 bridgehead atoms. The molecule has 0 aliphatic heterocycles. The average molecular weight is 364 g/mol. The number of nitrogens with zero attached hydrogens (tertiary/aromatic N) is 1. The molecule has 1 saturated carbocycles. The van der Waals surface area contributed by atoms with Crippen LogP contribution in [0, 0.1) is 18.6 Å². The zero-order valence-corrected chi connectivity index (χ0v) is 14.7. The number of hydrogen-bond donors (Lipinski definition) is 1. The van der Waals surface area contributed by atoms with Crippen molar-refractivity contribution in [3.05, 3.63) is 46.9 Å². The van der Waals surface area contributed by atoms with Gasteiger partial charge in [-0.15, -0.1) is 0 Å². The topological polar surface area (TPSA) is 64.4 Å². The number of amides is 1. The lowest BCUT2D eigenvalue weighted by Gasteiger charge is -2.15. The van der Waals surface area contributed by atoms with Gasteiger partial charge in [-0.1, -0.05) is 30.8 Å². The van der Waals surface area contributed by atoms with Gasteiger partial charge in [0.15, 0.2) is 17.3 Å². The highest BCUT2D eigenvalue weighted by molar-refractivity contribution is 5.93. The minimum Gasteiger partial charge on any atom is -0.486 e. The SMILES string of the molecule is Cc1onc(C(=O)NC2CCCCCC2)c1COc1ccc(F)cc1F. The van der Waals surface area contributed by atoms with Crippen LogP contribution in [0.15, 0.2) is 22.7 Å². The molecule has 1 fully saturated rings. The molecule has 1 N–H and O–H groups in total. The van der Waals surface area contributed by atoms with Crippen LogP contribution >= 0.6 is 0 Å². The fraction of sp³-hybridized carbons (Fsp3) is 0.474. The molecule has 0 atom stereocenters. The molecule has 0 saturated heterocycles. The summed E-state index contributed by atoms with van der Waals surface area (Å²) in [6.07, 6.45) is 6.49. The van der Waals surface area contributed by atoms with Crippen molar-refractivity contribution in [1.29, 1.82) is 0 Å². The smallest absolute Gasteiger partial charge is 0.274 e. The van der Waals surface area contributed by atoms with E-state index in [0.29, 0.717) is 11.3 Å². The van der Waals surface area contributed by atoms with Crippen LogP contribution in [0.5, 0.6) is 5.75 Å². The molecule has 5 nitrogen and oxygen atoms in total. The number of aromatic nitrogens is 1. The molecule has 0 radical (unpaired) electrons. The van der Waals surface area contributed by atoms with Crippen molar-refractivity contribution >= 4 is 5.91 Å². The van der Waals surface area contributed by atoms with E-state index in [0.717, 1.165) is 37.8 Å². The lowest BCUT2D eigenvalue weighted by molar-refractivity contribution is 0.0922. The molecule has 0 spiro atoms. The van der Waals surface area contributed by atoms with Gasteiger partial charge < -0.3 is 14.6 Å². The fourth-order valence-corrected chi connectivity index (χ4v) is 3.16. The third-order valence-electron chi connectivity index (χ3n) is 4.66. The van der Waals surface area contributed by atoms with Crippen molar-refractivity contribution in [3.63, 3.8) is 0 Å². The van der Waals surface area contributed by atoms with Crippen molar-refractivity contribution < 1.29 is 22.8 Å². The van der Waals surface area contributed by atoms with Crippen LogP contribution in [0.1, 0.15) is 60.3 Å². The van der Waals surface area contributed by atoms with E-state index in [1.807, 2.05) is 0 Å². The quantitative estimate of drug-likeness (QED) is 0.804. The number of carbonyl (C=O) groups excluding carboxylic acids is 1. The Morgan fingerprint density at radius 1 is 1.27 bits per heavy atom. The summed E-state index contributed by atoms with van der Waals surface area (Å²) in [5, 5.41) is 6.84. The average Bonchev–Trinajstić information content (AvgIpc) is 2.80. The number of nitrogens with one attached hydrogen (secondary N) is 1. The highest BCUT2D eigenvalue weighted by atomic mass is 19.1. The number of halogens is 2. The largest absolute Gasteiger partial charge is 0.486 e. The number of carbonyl (C=O) groups is 1. The van der Waals surface area contributed by atoms with Crippen molar-refractivity contribution in [2.24, 2.45) is 0 Å². The van der Waals surface area contributed by atoms with Crippen LogP contribution in [-0.2, 0) is 6.61 Å². The third-order valence-corrected chi connectivity index (χ3v) is 4.66. The first-order chi connectivity index (χ1) is 12.5. The Morgan fingerprint density at radius 2 is 2.00 bits per heavy atom. The molecule has 1 amide bonds. The van der Waals surface area contributed by atoms with Crippen molar-refractivity contribution in [2.75, 3.05) is 0 Å². The molecular formula is C19H22F2N2O3. The molecule has 1 aliphatic carbocycles. The Bertz CT molecular complexity index is 768. The second-order valence-electron chi connectivity index (χ2n) is 6.59. The minimum atomic E-state index is -0.802. The second-order valence-corrected chi connectivity index (χ2v) is 6.59. The van der Waals surface area contributed by atoms with Crippen molar-refractivity contribution in [2.45, 2.75) is 58.1 Å². The second kappa shape index (κ2) is 8.29. The number of aryl methyl sites for hydroxylation is 1. The van der Waals surface area contributed by atoms with E-state index in [1.165, 1.54) is 18.9 Å². The summed E-state index contributed by atoms with van der Waals surface area (Å²) >= 11 is 0. The molecule has 7 heteroatoms. The van der Waals surface area contributed by atoms with Gasteiger partial charge >= 0.3 is 0 Å². The summed E-state index contributed by atoms with van der Waals surface area (Å²) in [4.78, 5) is 12.6. The molecule has 1 heterocycles. The summed E-state index contributed by atoms with van der Waals surface area (Å²) in [5.41, 5.74) is 0.606. The van der Waals surface area contributed by atoms with E-state index >= 15 is 0 Å². The Labute approximate surface area is 150 Å². The number of benzene rings is 1. The van der Waals surface area contributed by atoms with Gasteiger partial charge in [0.05, 0.1) is 5.56 Å². The molecule has 1 aromatic heterocycles. The van der Waals surface area contributed by atoms with Crippen molar-refractivity contribution in [3.8, 4) is 5.75 Å². The van der Waals surface area contributed by atoms with Gasteiger partial charge in [0.1, 0.15) is 18.2 Å². The normalized spacial score (nSPS) is 15.5. The highest BCUT2D eigenvalue weighted by Gasteiger charge is 2.23. The van der Waals surface area contributed by atoms with Gasteiger partial charge in [0.2, 0.25) is 0 Å². The number of ether oxygens (including phenoxy) is 1. The Morgan fingerprint density at radius 3 is 2.69 bits per heavy atom. The monoisotopic (exact) mass is 364 g/mol. The van der Waals surface area contributed by atoms with E-state index in [-0.39, 0.29) is 30.0 Å². The Balaban J connectivity index is 1.68. The first kappa shape index (κ1) is 18.4. The molecule has 1 aromatic carbocycles. The van der Waals surface area contributed by atoms with E-state index in [9.17, 15) is 13.6 Å². The predicted molar refractivity (Wildman–Crippen MR) is 90.9 cm³/mol. The maximum atomic E-state index is 13.7. The molecule has 26 heavy (non-hydrogen) atoms. The first-order valence-corrected chi connectivity index (χ1v) is 8.88. The van der Waals surface area contributed by atoms with E-state index in [4.69, 9.17) is 9.26 Å². The van der Waals surface area contributed by atoms with Gasteiger partial charge in [0.25, 0.3) is 5.91 Å². The molecule has 3 rings (SSSR count). The Hall–Kier alpha value is -2.44. The molecule has 0 unspecified atom stereocenters. The van der Waals surface area contributed by atoms with E-state index < -0.39 is 11.6 Å². The van der Waals surface area contributed by atoms with E-state index in [1.54, 1.807) is 6.92 Å². The lowest BCUT2D eigenvalue weighted by Crippen LogP contribution is -2.35. The maximum Gasteiger partial charge on any atom is 0.274 e. The Kier molecular flexibility index (Phi) is 5.85. The number of rotatable bonds is 5. The summed E-state index contributed by atoms with van der Waals surface area (Å²) in [6.45, 7) is 1.57. The lowest BCUT2D eigenvalue weighted by atomic mass is 10.1. The summed E-state index contributed by atoms with van der Waals surface area (Å²) in [6, 6.07) is 3.19. The van der Waals surface area contributed by atoms with Gasteiger partial charge in [-0.25, -0.2) is 8.78 Å². The summed E-state index contributed by atoms with van der Waals surface area (Å²) in [7, 11) is 0. The maximum absolute atomic E-state index is 13.7. The van der Waals surface area contributed by atoms with Crippen LogP contribution in [0.4, 0.5) is 8.78 Å². The minimum absolute atomic E-state index is 0.0920. The standard InChI is InChI=1S/C19H22F2N2O3/c1-12-15(11-25-17-9-8-13(20)10-16(17)21)18(23-26-12)19(24)22-14-6-4-2-3-5-7-14/h8-10,14H,2-7,11H2,1H3,(H,22,24). The van der Waals surface area contributed by atoms with Crippen molar-refractivity contribution in [1.82, 2.24) is 10.5 Å². The van der Waals surface area contributed by atoms with Gasteiger partial charge in [-0.3, -0.25) is 4.79 Å². The molecule has 2 aromatic rings. The fourth-order valence-electron chi connectivity index (χ4n) is 3.16. The summed E-state index contributed by atoms with van der Waals surface area (Å²) < 4.78 is 37.2. The summed E-state index contributed by atoms with van der Waals surface area (Å²) in [5.74, 6) is -1.46. The zero-order valence-electron chi connectivity index (χ0n) is 14.7. The third kappa shape index (κ3) is 4.39. The first-order valence-electron chi connectivity index (χ1n) is 8.88.